The first-order chi connectivity index (χ1) is 11.3. The summed E-state index contributed by atoms with van der Waals surface area (Å²) in [6.45, 7) is 4.94. The van der Waals surface area contributed by atoms with Gasteiger partial charge in [0, 0.05) is 17.0 Å². The fraction of sp³-hybridized carbons (Fsp3) is 0.421. The van der Waals surface area contributed by atoms with Gasteiger partial charge in [-0.3, -0.25) is 0 Å². The van der Waals surface area contributed by atoms with Crippen molar-refractivity contribution in [3.05, 3.63) is 45.6 Å². The predicted molar refractivity (Wildman–Crippen MR) is 95.2 cm³/mol. The third kappa shape index (κ3) is 3.10. The second-order valence-corrected chi connectivity index (χ2v) is 8.30. The molecule has 0 amide bonds. The van der Waals surface area contributed by atoms with Crippen molar-refractivity contribution in [3.8, 4) is 10.4 Å². The highest BCUT2D eigenvalue weighted by Crippen LogP contribution is 2.45. The number of hydrogen-bond donors (Lipinski definition) is 2. The van der Waals surface area contributed by atoms with Crippen molar-refractivity contribution < 1.29 is 14.3 Å². The minimum absolute atomic E-state index is 0.0854. The molecule has 1 heterocycles. The van der Waals surface area contributed by atoms with E-state index in [1.165, 1.54) is 17.4 Å². The molecule has 3 nitrogen and oxygen atoms in total. The molecule has 24 heavy (non-hydrogen) atoms. The van der Waals surface area contributed by atoms with Gasteiger partial charge in [-0.15, -0.1) is 11.3 Å². The van der Waals surface area contributed by atoms with Crippen LogP contribution in [0.15, 0.2) is 18.2 Å². The largest absolute Gasteiger partial charge is 0.478 e. The number of rotatable bonds is 4. The van der Waals surface area contributed by atoms with Gasteiger partial charge < -0.3 is 10.4 Å². The summed E-state index contributed by atoms with van der Waals surface area (Å²) >= 11 is 1.44. The van der Waals surface area contributed by atoms with Crippen molar-refractivity contribution in [1.82, 2.24) is 5.32 Å². The molecule has 1 aliphatic carbocycles. The average Bonchev–Trinajstić information content (AvgIpc) is 2.86. The highest BCUT2D eigenvalue weighted by Gasteiger charge is 2.33. The van der Waals surface area contributed by atoms with E-state index in [1.807, 2.05) is 7.05 Å². The SMILES string of the molecule is CNCc1ccc(F)c(-c2sc3c(c2C(=O)O)CC(C)(C)CC3)c1. The maximum absolute atomic E-state index is 14.4. The van der Waals surface area contributed by atoms with Crippen molar-refractivity contribution in [2.45, 2.75) is 39.7 Å². The van der Waals surface area contributed by atoms with Crippen LogP contribution >= 0.6 is 11.3 Å². The van der Waals surface area contributed by atoms with E-state index in [0.717, 1.165) is 35.3 Å². The van der Waals surface area contributed by atoms with E-state index >= 15 is 0 Å². The van der Waals surface area contributed by atoms with Gasteiger partial charge in [-0.05, 0) is 55.0 Å². The van der Waals surface area contributed by atoms with Gasteiger partial charge in [0.15, 0.2) is 0 Å². The Kier molecular flexibility index (Phi) is 4.49. The summed E-state index contributed by atoms with van der Waals surface area (Å²) < 4.78 is 14.4. The molecule has 1 aromatic heterocycles. The number of nitrogens with one attached hydrogen (secondary N) is 1. The van der Waals surface area contributed by atoms with Crippen LogP contribution < -0.4 is 5.32 Å². The number of fused-ring (bicyclic) bond motifs is 1. The molecule has 2 aromatic rings. The van der Waals surface area contributed by atoms with Gasteiger partial charge in [0.2, 0.25) is 0 Å². The Hall–Kier alpha value is -1.72. The highest BCUT2D eigenvalue weighted by atomic mass is 32.1. The number of benzene rings is 1. The number of hydrogen-bond acceptors (Lipinski definition) is 3. The molecule has 0 atom stereocenters. The van der Waals surface area contributed by atoms with Crippen LogP contribution in [0, 0.1) is 11.2 Å². The Morgan fingerprint density at radius 1 is 1.42 bits per heavy atom. The van der Waals surface area contributed by atoms with E-state index in [1.54, 1.807) is 12.1 Å². The van der Waals surface area contributed by atoms with Gasteiger partial charge in [-0.1, -0.05) is 19.9 Å². The quantitative estimate of drug-likeness (QED) is 0.857. The van der Waals surface area contributed by atoms with Crippen LogP contribution in [0.5, 0.6) is 0 Å². The fourth-order valence-corrected chi connectivity index (χ4v) is 4.72. The van der Waals surface area contributed by atoms with Gasteiger partial charge in [-0.25, -0.2) is 9.18 Å². The molecular formula is C19H22FNO2S. The van der Waals surface area contributed by atoms with Crippen molar-refractivity contribution in [1.29, 1.82) is 0 Å². The molecule has 0 saturated heterocycles. The van der Waals surface area contributed by atoms with E-state index in [0.29, 0.717) is 22.5 Å². The molecule has 0 spiro atoms. The van der Waals surface area contributed by atoms with Gasteiger partial charge in [0.05, 0.1) is 10.4 Å². The van der Waals surface area contributed by atoms with Gasteiger partial charge >= 0.3 is 5.97 Å². The number of thiophene rings is 1. The van der Waals surface area contributed by atoms with E-state index in [4.69, 9.17) is 0 Å². The second kappa shape index (κ2) is 6.30. The first-order valence-electron chi connectivity index (χ1n) is 8.13. The number of aryl methyl sites for hydroxylation is 1. The molecule has 2 N–H and O–H groups in total. The lowest BCUT2D eigenvalue weighted by Gasteiger charge is -2.29. The molecule has 1 aliphatic rings. The Labute approximate surface area is 145 Å². The van der Waals surface area contributed by atoms with Crippen LogP contribution in [0.4, 0.5) is 4.39 Å². The predicted octanol–water partition coefficient (Wildman–Crippen LogP) is 4.49. The Bertz CT molecular complexity index is 795. The summed E-state index contributed by atoms with van der Waals surface area (Å²) in [5.74, 6) is -1.33. The lowest BCUT2D eigenvalue weighted by atomic mass is 9.76. The smallest absolute Gasteiger partial charge is 0.337 e. The molecule has 0 aliphatic heterocycles. The summed E-state index contributed by atoms with van der Waals surface area (Å²) in [6, 6.07) is 4.92. The minimum atomic E-state index is -0.960. The Balaban J connectivity index is 2.17. The van der Waals surface area contributed by atoms with E-state index in [9.17, 15) is 14.3 Å². The van der Waals surface area contributed by atoms with Crippen LogP contribution in [0.1, 0.15) is 46.6 Å². The molecular weight excluding hydrogens is 325 g/mol. The van der Waals surface area contributed by atoms with E-state index < -0.39 is 5.97 Å². The van der Waals surface area contributed by atoms with Crippen LogP contribution in [0.25, 0.3) is 10.4 Å². The van der Waals surface area contributed by atoms with Crippen molar-refractivity contribution in [2.24, 2.45) is 5.41 Å². The zero-order chi connectivity index (χ0) is 17.5. The molecule has 0 fully saturated rings. The molecule has 3 rings (SSSR count). The Morgan fingerprint density at radius 3 is 2.83 bits per heavy atom. The molecule has 1 aromatic carbocycles. The topological polar surface area (TPSA) is 49.3 Å². The summed E-state index contributed by atoms with van der Waals surface area (Å²) in [5, 5.41) is 12.8. The third-order valence-electron chi connectivity index (χ3n) is 4.65. The highest BCUT2D eigenvalue weighted by molar-refractivity contribution is 7.16. The molecule has 128 valence electrons. The van der Waals surface area contributed by atoms with Crippen molar-refractivity contribution >= 4 is 17.3 Å². The van der Waals surface area contributed by atoms with Crippen molar-refractivity contribution in [2.75, 3.05) is 7.05 Å². The minimum Gasteiger partial charge on any atom is -0.478 e. The standard InChI is InChI=1S/C19H22FNO2S/c1-19(2)7-6-15-13(9-19)16(18(22)23)17(24-15)12-8-11(10-21-3)4-5-14(12)20/h4-5,8,21H,6-7,9-10H2,1-3H3,(H,22,23). The first-order valence-corrected chi connectivity index (χ1v) is 8.95. The monoisotopic (exact) mass is 347 g/mol. The first kappa shape index (κ1) is 17.1. The number of carbonyl (C=O) groups is 1. The average molecular weight is 347 g/mol. The van der Waals surface area contributed by atoms with Crippen LogP contribution in [-0.2, 0) is 19.4 Å². The van der Waals surface area contributed by atoms with Crippen LogP contribution in [0.3, 0.4) is 0 Å². The zero-order valence-corrected chi connectivity index (χ0v) is 15.0. The van der Waals surface area contributed by atoms with E-state index in [2.05, 4.69) is 19.2 Å². The molecule has 5 heteroatoms. The normalized spacial score (nSPS) is 16.0. The summed E-state index contributed by atoms with van der Waals surface area (Å²) in [5.41, 5.74) is 2.62. The van der Waals surface area contributed by atoms with Gasteiger partial charge in [-0.2, -0.15) is 0 Å². The summed E-state index contributed by atoms with van der Waals surface area (Å²) in [7, 11) is 1.83. The second-order valence-electron chi connectivity index (χ2n) is 7.20. The molecule has 0 radical (unpaired) electrons. The fourth-order valence-electron chi connectivity index (χ4n) is 3.40. The van der Waals surface area contributed by atoms with Crippen LogP contribution in [-0.4, -0.2) is 18.1 Å². The zero-order valence-electron chi connectivity index (χ0n) is 14.2. The lowest BCUT2D eigenvalue weighted by Crippen LogP contribution is -2.22. The molecule has 0 unspecified atom stereocenters. The number of carboxylic acid groups (broad SMARTS) is 1. The van der Waals surface area contributed by atoms with Gasteiger partial charge in [0.1, 0.15) is 5.82 Å². The van der Waals surface area contributed by atoms with Gasteiger partial charge in [0.25, 0.3) is 0 Å². The lowest BCUT2D eigenvalue weighted by molar-refractivity contribution is 0.0696. The van der Waals surface area contributed by atoms with Crippen LogP contribution in [0.2, 0.25) is 0 Å². The summed E-state index contributed by atoms with van der Waals surface area (Å²) in [4.78, 5) is 13.6. The molecule has 0 saturated carbocycles. The number of carboxylic acids is 1. The number of aromatic carboxylic acids is 1. The Morgan fingerprint density at radius 2 is 2.17 bits per heavy atom. The molecule has 0 bridgehead atoms. The third-order valence-corrected chi connectivity index (χ3v) is 5.97. The van der Waals surface area contributed by atoms with E-state index in [-0.39, 0.29) is 11.2 Å². The summed E-state index contributed by atoms with van der Waals surface area (Å²) in [6.07, 6.45) is 2.63. The maximum atomic E-state index is 14.4. The van der Waals surface area contributed by atoms with Crippen molar-refractivity contribution in [3.63, 3.8) is 0 Å². The number of halogens is 1. The maximum Gasteiger partial charge on any atom is 0.337 e.